The van der Waals surface area contributed by atoms with Crippen molar-refractivity contribution in [3.05, 3.63) is 29.3 Å². The fourth-order valence-corrected chi connectivity index (χ4v) is 2.80. The van der Waals surface area contributed by atoms with Gasteiger partial charge in [0.15, 0.2) is 0 Å². The Kier molecular flexibility index (Phi) is 5.83. The van der Waals surface area contributed by atoms with Gasteiger partial charge in [0, 0.05) is 18.7 Å². The number of hydrogen-bond acceptors (Lipinski definition) is 4. The third-order valence-corrected chi connectivity index (χ3v) is 3.93. The number of hydrogen-bond donors (Lipinski definition) is 2. The SMILES string of the molecule is CNCC(O)c1ccc(OC)c(CN2CCCCC2)c1. The van der Waals surface area contributed by atoms with Gasteiger partial charge in [-0.25, -0.2) is 0 Å². The molecule has 1 fully saturated rings. The molecule has 0 saturated carbocycles. The van der Waals surface area contributed by atoms with E-state index in [1.54, 1.807) is 7.11 Å². The van der Waals surface area contributed by atoms with Gasteiger partial charge < -0.3 is 15.2 Å². The summed E-state index contributed by atoms with van der Waals surface area (Å²) in [7, 11) is 3.56. The van der Waals surface area contributed by atoms with E-state index in [-0.39, 0.29) is 0 Å². The molecule has 0 spiro atoms. The maximum atomic E-state index is 10.1. The molecule has 0 bridgehead atoms. The van der Waals surface area contributed by atoms with Crippen LogP contribution in [-0.2, 0) is 6.54 Å². The number of methoxy groups -OCH3 is 1. The molecule has 20 heavy (non-hydrogen) atoms. The van der Waals surface area contributed by atoms with E-state index in [2.05, 4.69) is 16.3 Å². The van der Waals surface area contributed by atoms with Crippen molar-refractivity contribution in [1.29, 1.82) is 0 Å². The number of likely N-dealkylation sites (N-methyl/N-ethyl adjacent to an activating group) is 1. The van der Waals surface area contributed by atoms with Crippen LogP contribution in [0.5, 0.6) is 5.75 Å². The molecule has 1 unspecified atom stereocenters. The highest BCUT2D eigenvalue weighted by Gasteiger charge is 2.15. The van der Waals surface area contributed by atoms with Crippen molar-refractivity contribution in [2.24, 2.45) is 0 Å². The van der Waals surface area contributed by atoms with E-state index < -0.39 is 6.10 Å². The average Bonchev–Trinajstić information content (AvgIpc) is 2.48. The van der Waals surface area contributed by atoms with E-state index in [0.29, 0.717) is 6.54 Å². The van der Waals surface area contributed by atoms with Crippen LogP contribution < -0.4 is 10.1 Å². The summed E-state index contributed by atoms with van der Waals surface area (Å²) in [5.74, 6) is 0.913. The van der Waals surface area contributed by atoms with Gasteiger partial charge in [0.25, 0.3) is 0 Å². The fourth-order valence-electron chi connectivity index (χ4n) is 2.80. The zero-order valence-electron chi connectivity index (χ0n) is 12.6. The molecule has 0 radical (unpaired) electrons. The van der Waals surface area contributed by atoms with Gasteiger partial charge in [-0.1, -0.05) is 12.5 Å². The number of aliphatic hydroxyl groups is 1. The molecule has 0 aliphatic carbocycles. The van der Waals surface area contributed by atoms with Crippen LogP contribution >= 0.6 is 0 Å². The molecule has 1 heterocycles. The summed E-state index contributed by atoms with van der Waals surface area (Å²) in [5.41, 5.74) is 2.12. The van der Waals surface area contributed by atoms with Gasteiger partial charge in [0.1, 0.15) is 5.75 Å². The number of ether oxygens (including phenoxy) is 1. The molecule has 1 aliphatic rings. The Balaban J connectivity index is 2.13. The molecule has 4 nitrogen and oxygen atoms in total. The Labute approximate surface area is 121 Å². The number of aliphatic hydroxyl groups excluding tert-OH is 1. The smallest absolute Gasteiger partial charge is 0.123 e. The lowest BCUT2D eigenvalue weighted by atomic mass is 10.0. The molecule has 0 amide bonds. The first-order chi connectivity index (χ1) is 9.74. The van der Waals surface area contributed by atoms with Crippen molar-refractivity contribution in [3.8, 4) is 5.75 Å². The maximum absolute atomic E-state index is 10.1. The van der Waals surface area contributed by atoms with Crippen LogP contribution in [0.15, 0.2) is 18.2 Å². The van der Waals surface area contributed by atoms with Crippen molar-refractivity contribution < 1.29 is 9.84 Å². The average molecular weight is 278 g/mol. The fraction of sp³-hybridized carbons (Fsp3) is 0.625. The molecule has 112 valence electrons. The Bertz CT molecular complexity index is 417. The highest BCUT2D eigenvalue weighted by atomic mass is 16.5. The molecular weight excluding hydrogens is 252 g/mol. The van der Waals surface area contributed by atoms with E-state index in [9.17, 15) is 5.11 Å². The summed E-state index contributed by atoms with van der Waals surface area (Å²) in [5, 5.41) is 13.1. The molecule has 2 N–H and O–H groups in total. The summed E-state index contributed by atoms with van der Waals surface area (Å²) >= 11 is 0. The lowest BCUT2D eigenvalue weighted by molar-refractivity contribution is 0.177. The third kappa shape index (κ3) is 3.95. The van der Waals surface area contributed by atoms with Crippen LogP contribution in [0.3, 0.4) is 0 Å². The van der Waals surface area contributed by atoms with Crippen LogP contribution in [0.2, 0.25) is 0 Å². The number of rotatable bonds is 6. The van der Waals surface area contributed by atoms with Gasteiger partial charge >= 0.3 is 0 Å². The zero-order valence-corrected chi connectivity index (χ0v) is 12.6. The highest BCUT2D eigenvalue weighted by molar-refractivity contribution is 5.38. The van der Waals surface area contributed by atoms with Crippen LogP contribution in [0.25, 0.3) is 0 Å². The second-order valence-corrected chi connectivity index (χ2v) is 5.48. The van der Waals surface area contributed by atoms with E-state index in [1.165, 1.54) is 24.8 Å². The lowest BCUT2D eigenvalue weighted by Crippen LogP contribution is -2.29. The van der Waals surface area contributed by atoms with Crippen LogP contribution in [-0.4, -0.2) is 43.8 Å². The Morgan fingerprint density at radius 1 is 1.30 bits per heavy atom. The molecule has 1 aromatic carbocycles. The Morgan fingerprint density at radius 3 is 2.70 bits per heavy atom. The van der Waals surface area contributed by atoms with Crippen LogP contribution in [0.1, 0.15) is 36.5 Å². The van der Waals surface area contributed by atoms with Crippen LogP contribution in [0, 0.1) is 0 Å². The van der Waals surface area contributed by atoms with Gasteiger partial charge in [-0.05, 0) is 50.7 Å². The minimum absolute atomic E-state index is 0.467. The van der Waals surface area contributed by atoms with Gasteiger partial charge in [-0.3, -0.25) is 4.90 Å². The Morgan fingerprint density at radius 2 is 2.05 bits per heavy atom. The molecule has 1 atom stereocenters. The summed E-state index contributed by atoms with van der Waals surface area (Å²) in [6.45, 7) is 3.79. The first-order valence-electron chi connectivity index (χ1n) is 7.46. The standard InChI is InChI=1S/C16H26N2O2/c1-17-11-15(19)13-6-7-16(20-2)14(10-13)12-18-8-4-3-5-9-18/h6-7,10,15,17,19H,3-5,8-9,11-12H2,1-2H3. The summed E-state index contributed by atoms with van der Waals surface area (Å²) in [4.78, 5) is 2.47. The first kappa shape index (κ1) is 15.3. The molecule has 1 aromatic rings. The van der Waals surface area contributed by atoms with Crippen LogP contribution in [0.4, 0.5) is 0 Å². The first-order valence-corrected chi connectivity index (χ1v) is 7.46. The topological polar surface area (TPSA) is 44.7 Å². The predicted molar refractivity (Wildman–Crippen MR) is 81.0 cm³/mol. The van der Waals surface area contributed by atoms with Crippen molar-refractivity contribution >= 4 is 0 Å². The minimum atomic E-state index is -0.467. The molecule has 4 heteroatoms. The molecule has 1 saturated heterocycles. The predicted octanol–water partition coefficient (Wildman–Crippen LogP) is 1.93. The second-order valence-electron chi connectivity index (χ2n) is 5.48. The number of nitrogens with zero attached hydrogens (tertiary/aromatic N) is 1. The number of piperidine rings is 1. The number of nitrogens with one attached hydrogen (secondary N) is 1. The van der Waals surface area contributed by atoms with Gasteiger partial charge in [0.05, 0.1) is 13.2 Å². The minimum Gasteiger partial charge on any atom is -0.496 e. The molecule has 1 aliphatic heterocycles. The third-order valence-electron chi connectivity index (χ3n) is 3.93. The maximum Gasteiger partial charge on any atom is 0.123 e. The van der Waals surface area contributed by atoms with Crippen molar-refractivity contribution in [2.75, 3.05) is 33.8 Å². The van der Waals surface area contributed by atoms with E-state index in [1.807, 2.05) is 19.2 Å². The van der Waals surface area contributed by atoms with Crippen molar-refractivity contribution in [1.82, 2.24) is 10.2 Å². The zero-order chi connectivity index (χ0) is 14.4. The number of likely N-dealkylation sites (tertiary alicyclic amines) is 1. The molecular formula is C16H26N2O2. The van der Waals surface area contributed by atoms with E-state index in [4.69, 9.17) is 4.74 Å². The Hall–Kier alpha value is -1.10. The quantitative estimate of drug-likeness (QED) is 0.834. The molecule has 2 rings (SSSR count). The van der Waals surface area contributed by atoms with E-state index in [0.717, 1.165) is 30.9 Å². The van der Waals surface area contributed by atoms with Gasteiger partial charge in [-0.15, -0.1) is 0 Å². The van der Waals surface area contributed by atoms with E-state index >= 15 is 0 Å². The summed E-state index contributed by atoms with van der Waals surface area (Å²) in [6.07, 6.45) is 3.44. The summed E-state index contributed by atoms with van der Waals surface area (Å²) in [6, 6.07) is 5.99. The van der Waals surface area contributed by atoms with Crippen molar-refractivity contribution in [2.45, 2.75) is 31.9 Å². The van der Waals surface area contributed by atoms with Crippen molar-refractivity contribution in [3.63, 3.8) is 0 Å². The van der Waals surface area contributed by atoms with Gasteiger partial charge in [-0.2, -0.15) is 0 Å². The lowest BCUT2D eigenvalue weighted by Gasteiger charge is -2.27. The number of benzene rings is 1. The summed E-state index contributed by atoms with van der Waals surface area (Å²) < 4.78 is 5.46. The monoisotopic (exact) mass is 278 g/mol. The van der Waals surface area contributed by atoms with Gasteiger partial charge in [0.2, 0.25) is 0 Å². The second kappa shape index (κ2) is 7.62. The highest BCUT2D eigenvalue weighted by Crippen LogP contribution is 2.25. The largest absolute Gasteiger partial charge is 0.496 e. The molecule has 0 aromatic heterocycles. The normalized spacial score (nSPS) is 17.9.